The Labute approximate surface area is 123 Å². The zero-order valence-corrected chi connectivity index (χ0v) is 13.7. The molecule has 0 saturated carbocycles. The second kappa shape index (κ2) is 6.03. The van der Waals surface area contributed by atoms with Gasteiger partial charge in [0.1, 0.15) is 0 Å². The molecule has 0 aliphatic carbocycles. The van der Waals surface area contributed by atoms with Gasteiger partial charge in [-0.1, -0.05) is 46.7 Å². The van der Waals surface area contributed by atoms with Crippen LogP contribution in [0.5, 0.6) is 0 Å². The lowest BCUT2D eigenvalue weighted by molar-refractivity contribution is -0.120. The molecule has 1 aromatic heterocycles. The fraction of sp³-hybridized carbons (Fsp3) is 0.769. The molecule has 1 rings (SSSR count). The van der Waals surface area contributed by atoms with E-state index in [1.165, 1.54) is 0 Å². The first kappa shape index (κ1) is 16.8. The summed E-state index contributed by atoms with van der Waals surface area (Å²) in [5.41, 5.74) is -0.290. The Morgan fingerprint density at radius 2 is 1.95 bits per heavy atom. The lowest BCUT2D eigenvalue weighted by Crippen LogP contribution is -2.38. The molecule has 0 aliphatic heterocycles. The average molecular weight is 301 g/mol. The number of nitrogens with one attached hydrogen (secondary N) is 2. The summed E-state index contributed by atoms with van der Waals surface area (Å²) < 4.78 is 4.54. The van der Waals surface area contributed by atoms with Gasteiger partial charge in [0.2, 0.25) is 5.91 Å². The van der Waals surface area contributed by atoms with Crippen LogP contribution in [0, 0.1) is 5.41 Å². The van der Waals surface area contributed by atoms with Crippen LogP contribution in [-0.4, -0.2) is 26.5 Å². The third kappa shape index (κ3) is 5.40. The summed E-state index contributed by atoms with van der Waals surface area (Å²) in [7, 11) is 0. The first-order chi connectivity index (χ1) is 8.99. The summed E-state index contributed by atoms with van der Waals surface area (Å²) in [6.45, 7) is 12.1. The predicted molar refractivity (Wildman–Crippen MR) is 79.7 cm³/mol. The summed E-state index contributed by atoms with van der Waals surface area (Å²) in [5, 5.41) is 6.59. The van der Waals surface area contributed by atoms with E-state index < -0.39 is 11.8 Å². The van der Waals surface area contributed by atoms with E-state index in [2.05, 4.69) is 40.8 Å². The number of H-pyrrole nitrogens is 1. The number of nitrogens with zero attached hydrogens (tertiary/aromatic N) is 1. The summed E-state index contributed by atoms with van der Waals surface area (Å²) >= 11 is 1.57. The van der Waals surface area contributed by atoms with E-state index in [0.717, 1.165) is 0 Å². The topological polar surface area (TPSA) is 88.0 Å². The Bertz CT molecular complexity index is 508. The Kier molecular flexibility index (Phi) is 5.07. The molecule has 1 heterocycles. The van der Waals surface area contributed by atoms with Gasteiger partial charge in [0.15, 0.2) is 5.82 Å². The van der Waals surface area contributed by atoms with Gasteiger partial charge in [-0.25, -0.2) is 4.79 Å². The maximum absolute atomic E-state index is 12.0. The van der Waals surface area contributed by atoms with Crippen LogP contribution in [-0.2, 0) is 4.79 Å². The van der Waals surface area contributed by atoms with E-state index in [1.807, 2.05) is 20.8 Å². The van der Waals surface area contributed by atoms with Gasteiger partial charge in [0.05, 0.1) is 11.8 Å². The van der Waals surface area contributed by atoms with Crippen LogP contribution in [0.4, 0.5) is 0 Å². The molecule has 1 atom stereocenters. The highest BCUT2D eigenvalue weighted by atomic mass is 32.2. The number of aromatic nitrogens is 2. The van der Waals surface area contributed by atoms with Crippen molar-refractivity contribution in [3.05, 3.63) is 16.4 Å². The highest BCUT2D eigenvalue weighted by molar-refractivity contribution is 8.01. The molecule has 0 radical (unpaired) electrons. The Morgan fingerprint density at radius 3 is 2.35 bits per heavy atom. The molecule has 0 spiro atoms. The first-order valence-corrected chi connectivity index (χ1v) is 7.47. The van der Waals surface area contributed by atoms with Crippen molar-refractivity contribution in [3.63, 3.8) is 0 Å². The Morgan fingerprint density at radius 1 is 1.35 bits per heavy atom. The van der Waals surface area contributed by atoms with Crippen molar-refractivity contribution in [2.24, 2.45) is 5.41 Å². The van der Waals surface area contributed by atoms with Gasteiger partial charge >= 0.3 is 5.76 Å². The van der Waals surface area contributed by atoms with Crippen LogP contribution in [0.1, 0.15) is 53.4 Å². The van der Waals surface area contributed by atoms with Gasteiger partial charge in [-0.05, 0) is 5.41 Å². The molecule has 6 nitrogen and oxygen atoms in total. The number of rotatable bonds is 4. The van der Waals surface area contributed by atoms with Crippen LogP contribution in [0.15, 0.2) is 9.32 Å². The molecule has 20 heavy (non-hydrogen) atoms. The Hall–Kier alpha value is -1.24. The second-order valence-electron chi connectivity index (χ2n) is 6.75. The van der Waals surface area contributed by atoms with Gasteiger partial charge in [-0.3, -0.25) is 14.3 Å². The van der Waals surface area contributed by atoms with Crippen LogP contribution in [0.25, 0.3) is 0 Å². The number of carbonyl (C=O) groups excluding carboxylic acids is 1. The van der Waals surface area contributed by atoms with Crippen LogP contribution in [0.2, 0.25) is 0 Å². The minimum atomic E-state index is -0.618. The molecule has 0 fully saturated rings. The van der Waals surface area contributed by atoms with E-state index in [0.29, 0.717) is 11.6 Å². The SMILES string of the molecule is CC(C)(C)SCC(=O)NC(c1noc(=O)[nH]1)C(C)(C)C. The van der Waals surface area contributed by atoms with Crippen molar-refractivity contribution in [2.75, 3.05) is 5.75 Å². The largest absolute Gasteiger partial charge is 0.438 e. The highest BCUT2D eigenvalue weighted by Crippen LogP contribution is 2.31. The molecule has 0 aromatic carbocycles. The molecule has 0 bridgehead atoms. The summed E-state index contributed by atoms with van der Waals surface area (Å²) in [6, 6.07) is -0.401. The van der Waals surface area contributed by atoms with Crippen molar-refractivity contribution in [2.45, 2.75) is 52.3 Å². The van der Waals surface area contributed by atoms with E-state index >= 15 is 0 Å². The maximum Gasteiger partial charge on any atom is 0.438 e. The number of aromatic amines is 1. The second-order valence-corrected chi connectivity index (χ2v) is 8.55. The van der Waals surface area contributed by atoms with E-state index in [4.69, 9.17) is 0 Å². The number of carbonyl (C=O) groups is 1. The van der Waals surface area contributed by atoms with Crippen molar-refractivity contribution >= 4 is 17.7 Å². The van der Waals surface area contributed by atoms with E-state index in [9.17, 15) is 9.59 Å². The molecular formula is C13H23N3O3S. The van der Waals surface area contributed by atoms with Crippen molar-refractivity contribution in [3.8, 4) is 0 Å². The monoisotopic (exact) mass is 301 g/mol. The van der Waals surface area contributed by atoms with Gasteiger partial charge in [-0.15, -0.1) is 11.8 Å². The van der Waals surface area contributed by atoms with Crippen LogP contribution in [0.3, 0.4) is 0 Å². The molecule has 7 heteroatoms. The standard InChI is InChI=1S/C13H23N3O3S/c1-12(2,3)9(10-15-11(18)19-16-10)14-8(17)7-20-13(4,5)6/h9H,7H2,1-6H3,(H,14,17)(H,15,16,18). The van der Waals surface area contributed by atoms with Crippen LogP contribution < -0.4 is 11.1 Å². The van der Waals surface area contributed by atoms with Gasteiger partial charge in [0.25, 0.3) is 0 Å². The Balaban J connectivity index is 2.77. The van der Waals surface area contributed by atoms with Crippen molar-refractivity contribution in [1.82, 2.24) is 15.5 Å². The number of thioether (sulfide) groups is 1. The van der Waals surface area contributed by atoms with Crippen LogP contribution >= 0.6 is 11.8 Å². The maximum atomic E-state index is 12.0. The van der Waals surface area contributed by atoms with E-state index in [1.54, 1.807) is 11.8 Å². The molecule has 0 saturated heterocycles. The number of hydrogen-bond donors (Lipinski definition) is 2. The summed E-state index contributed by atoms with van der Waals surface area (Å²) in [5.74, 6) is -0.00379. The molecule has 1 unspecified atom stereocenters. The normalized spacial score (nSPS) is 14.1. The third-order valence-corrected chi connectivity index (χ3v) is 3.81. The van der Waals surface area contributed by atoms with E-state index in [-0.39, 0.29) is 16.1 Å². The predicted octanol–water partition coefficient (Wildman–Crippen LogP) is 2.10. The number of amides is 1. The van der Waals surface area contributed by atoms with Crippen molar-refractivity contribution in [1.29, 1.82) is 0 Å². The first-order valence-electron chi connectivity index (χ1n) is 6.48. The molecule has 2 N–H and O–H groups in total. The third-order valence-electron chi connectivity index (χ3n) is 2.54. The molecule has 1 aromatic rings. The zero-order valence-electron chi connectivity index (χ0n) is 12.9. The van der Waals surface area contributed by atoms with Gasteiger partial charge in [0, 0.05) is 4.75 Å². The quantitative estimate of drug-likeness (QED) is 0.889. The fourth-order valence-electron chi connectivity index (χ4n) is 1.55. The highest BCUT2D eigenvalue weighted by Gasteiger charge is 2.31. The van der Waals surface area contributed by atoms with Gasteiger partial charge < -0.3 is 5.32 Å². The molecule has 1 amide bonds. The fourth-order valence-corrected chi connectivity index (χ4v) is 2.19. The van der Waals surface area contributed by atoms with Gasteiger partial charge in [-0.2, -0.15) is 0 Å². The summed E-state index contributed by atoms with van der Waals surface area (Å²) in [6.07, 6.45) is 0. The zero-order chi connectivity index (χ0) is 15.6. The summed E-state index contributed by atoms with van der Waals surface area (Å²) in [4.78, 5) is 25.6. The lowest BCUT2D eigenvalue weighted by Gasteiger charge is -2.29. The smallest absolute Gasteiger partial charge is 0.345 e. The molecular weight excluding hydrogens is 278 g/mol. The minimum absolute atomic E-state index is 0.0246. The van der Waals surface area contributed by atoms with Crippen molar-refractivity contribution < 1.29 is 9.32 Å². The molecule has 114 valence electrons. The minimum Gasteiger partial charge on any atom is -0.345 e. The molecule has 0 aliphatic rings. The average Bonchev–Trinajstić information content (AvgIpc) is 2.67. The lowest BCUT2D eigenvalue weighted by atomic mass is 9.86. The number of hydrogen-bond acceptors (Lipinski definition) is 5.